The fraction of sp³-hybridized carbons (Fsp3) is 0.538. The SMILES string of the molecule is CN[C@@]1(c2ccccc2F)CCCCC1(F)F. The molecule has 0 spiro atoms. The lowest BCUT2D eigenvalue weighted by molar-refractivity contribution is -0.120. The monoisotopic (exact) mass is 243 g/mol. The molecule has 0 bridgehead atoms. The molecule has 0 radical (unpaired) electrons. The molecule has 1 aliphatic carbocycles. The number of hydrogen-bond acceptors (Lipinski definition) is 1. The third kappa shape index (κ3) is 1.84. The fourth-order valence-electron chi connectivity index (χ4n) is 2.72. The Bertz CT molecular complexity index is 405. The van der Waals surface area contributed by atoms with Gasteiger partial charge in [-0.2, -0.15) is 0 Å². The minimum absolute atomic E-state index is 0.0761. The summed E-state index contributed by atoms with van der Waals surface area (Å²) in [7, 11) is 1.48. The Kier molecular flexibility index (Phi) is 3.17. The van der Waals surface area contributed by atoms with Gasteiger partial charge in [0.05, 0.1) is 0 Å². The van der Waals surface area contributed by atoms with Crippen LogP contribution < -0.4 is 5.32 Å². The van der Waals surface area contributed by atoms with Crippen LogP contribution in [0.1, 0.15) is 31.2 Å². The van der Waals surface area contributed by atoms with E-state index in [0.717, 1.165) is 0 Å². The lowest BCUT2D eigenvalue weighted by atomic mass is 9.73. The Labute approximate surface area is 99.0 Å². The van der Waals surface area contributed by atoms with Crippen LogP contribution >= 0.6 is 0 Å². The maximum absolute atomic E-state index is 14.2. The van der Waals surface area contributed by atoms with Crippen LogP contribution in [0.4, 0.5) is 13.2 Å². The van der Waals surface area contributed by atoms with Gasteiger partial charge >= 0.3 is 0 Å². The van der Waals surface area contributed by atoms with Crippen LogP contribution in [0, 0.1) is 5.82 Å². The van der Waals surface area contributed by atoms with Crippen molar-refractivity contribution in [1.29, 1.82) is 0 Å². The molecule has 1 saturated carbocycles. The molecule has 0 unspecified atom stereocenters. The summed E-state index contributed by atoms with van der Waals surface area (Å²) in [5.74, 6) is -3.48. The summed E-state index contributed by atoms with van der Waals surface area (Å²) in [5, 5.41) is 2.67. The van der Waals surface area contributed by atoms with Gasteiger partial charge in [0.2, 0.25) is 0 Å². The molecule has 0 aromatic heterocycles. The Morgan fingerprint density at radius 2 is 1.76 bits per heavy atom. The van der Waals surface area contributed by atoms with Gasteiger partial charge in [-0.25, -0.2) is 13.2 Å². The van der Waals surface area contributed by atoms with Crippen molar-refractivity contribution in [1.82, 2.24) is 5.32 Å². The second kappa shape index (κ2) is 4.33. The lowest BCUT2D eigenvalue weighted by Gasteiger charge is -2.44. The zero-order chi connectivity index (χ0) is 12.5. The van der Waals surface area contributed by atoms with Gasteiger partial charge in [0.25, 0.3) is 5.92 Å². The summed E-state index contributed by atoms with van der Waals surface area (Å²) in [6, 6.07) is 5.80. The van der Waals surface area contributed by atoms with Crippen LogP contribution in [0.5, 0.6) is 0 Å². The van der Waals surface area contributed by atoms with Crippen molar-refractivity contribution in [2.24, 2.45) is 0 Å². The molecular weight excluding hydrogens is 227 g/mol. The van der Waals surface area contributed by atoms with Crippen molar-refractivity contribution in [2.75, 3.05) is 7.05 Å². The summed E-state index contributed by atoms with van der Waals surface area (Å²) < 4.78 is 42.1. The highest BCUT2D eigenvalue weighted by molar-refractivity contribution is 5.30. The molecule has 0 aliphatic heterocycles. The summed E-state index contributed by atoms with van der Waals surface area (Å²) >= 11 is 0. The van der Waals surface area contributed by atoms with E-state index in [9.17, 15) is 13.2 Å². The maximum Gasteiger partial charge on any atom is 0.270 e. The van der Waals surface area contributed by atoms with Crippen LogP contribution in [0.2, 0.25) is 0 Å². The highest BCUT2D eigenvalue weighted by atomic mass is 19.3. The predicted molar refractivity (Wildman–Crippen MR) is 60.6 cm³/mol. The molecule has 0 heterocycles. The topological polar surface area (TPSA) is 12.0 Å². The van der Waals surface area contributed by atoms with E-state index in [2.05, 4.69) is 5.32 Å². The number of benzene rings is 1. The number of alkyl halides is 2. The van der Waals surface area contributed by atoms with Gasteiger partial charge in [-0.1, -0.05) is 24.6 Å². The Hall–Kier alpha value is -1.03. The van der Waals surface area contributed by atoms with Gasteiger partial charge < -0.3 is 5.32 Å². The van der Waals surface area contributed by atoms with Crippen LogP contribution in [-0.2, 0) is 5.54 Å². The summed E-state index contributed by atoms with van der Waals surface area (Å²) in [5.41, 5.74) is -1.48. The molecule has 1 aromatic rings. The van der Waals surface area contributed by atoms with E-state index >= 15 is 0 Å². The molecule has 1 aliphatic rings. The van der Waals surface area contributed by atoms with Crippen molar-refractivity contribution >= 4 is 0 Å². The minimum atomic E-state index is -2.91. The highest BCUT2D eigenvalue weighted by Gasteiger charge is 2.55. The van der Waals surface area contributed by atoms with Gasteiger partial charge in [0.15, 0.2) is 0 Å². The van der Waals surface area contributed by atoms with E-state index in [0.29, 0.717) is 12.8 Å². The second-order valence-electron chi connectivity index (χ2n) is 4.55. The van der Waals surface area contributed by atoms with Crippen LogP contribution in [0.25, 0.3) is 0 Å². The van der Waals surface area contributed by atoms with Crippen molar-refractivity contribution in [3.05, 3.63) is 35.6 Å². The van der Waals surface area contributed by atoms with E-state index in [4.69, 9.17) is 0 Å². The lowest BCUT2D eigenvalue weighted by Crippen LogP contribution is -2.56. The van der Waals surface area contributed by atoms with Gasteiger partial charge in [-0.05, 0) is 26.0 Å². The van der Waals surface area contributed by atoms with E-state index in [1.54, 1.807) is 6.07 Å². The minimum Gasteiger partial charge on any atom is -0.305 e. The molecule has 17 heavy (non-hydrogen) atoms. The van der Waals surface area contributed by atoms with Crippen molar-refractivity contribution in [2.45, 2.75) is 37.1 Å². The largest absolute Gasteiger partial charge is 0.305 e. The van der Waals surface area contributed by atoms with E-state index < -0.39 is 17.3 Å². The number of rotatable bonds is 2. The van der Waals surface area contributed by atoms with Gasteiger partial charge in [-0.3, -0.25) is 0 Å². The first kappa shape index (κ1) is 12.4. The molecule has 2 rings (SSSR count). The average Bonchev–Trinajstić information content (AvgIpc) is 2.30. The fourth-order valence-corrected chi connectivity index (χ4v) is 2.72. The third-order valence-corrected chi connectivity index (χ3v) is 3.68. The third-order valence-electron chi connectivity index (χ3n) is 3.68. The molecule has 1 N–H and O–H groups in total. The Balaban J connectivity index is 2.53. The van der Waals surface area contributed by atoms with Crippen molar-refractivity contribution in [3.8, 4) is 0 Å². The van der Waals surface area contributed by atoms with Crippen molar-refractivity contribution < 1.29 is 13.2 Å². The Morgan fingerprint density at radius 3 is 2.35 bits per heavy atom. The van der Waals surface area contributed by atoms with Crippen molar-refractivity contribution in [3.63, 3.8) is 0 Å². The number of nitrogens with one attached hydrogen (secondary N) is 1. The second-order valence-corrected chi connectivity index (χ2v) is 4.55. The molecule has 94 valence electrons. The maximum atomic E-state index is 14.2. The zero-order valence-corrected chi connectivity index (χ0v) is 9.77. The standard InChI is InChI=1S/C13H16F3N/c1-17-12(8-4-5-9-13(12,15)16)10-6-2-3-7-11(10)14/h2-3,6-7,17H,4-5,8-9H2,1H3/t12-/m1/s1. The van der Waals surface area contributed by atoms with E-state index in [1.807, 2.05) is 0 Å². The molecule has 0 amide bonds. The molecule has 1 fully saturated rings. The quantitative estimate of drug-likeness (QED) is 0.838. The molecule has 1 nitrogen and oxygen atoms in total. The molecule has 1 aromatic carbocycles. The van der Waals surface area contributed by atoms with Crippen LogP contribution in [0.3, 0.4) is 0 Å². The van der Waals surface area contributed by atoms with Gasteiger partial charge in [-0.15, -0.1) is 0 Å². The number of halogens is 3. The first-order valence-corrected chi connectivity index (χ1v) is 5.85. The molecule has 0 saturated heterocycles. The highest BCUT2D eigenvalue weighted by Crippen LogP contribution is 2.48. The summed E-state index contributed by atoms with van der Waals surface area (Å²) in [4.78, 5) is 0. The van der Waals surface area contributed by atoms with Gasteiger partial charge in [0.1, 0.15) is 11.4 Å². The Morgan fingerprint density at radius 1 is 1.12 bits per heavy atom. The molecule has 1 atom stereocenters. The molecule has 4 heteroatoms. The molecular formula is C13H16F3N. The summed E-state index contributed by atoms with van der Waals surface area (Å²) in [6.07, 6.45) is 1.25. The summed E-state index contributed by atoms with van der Waals surface area (Å²) in [6.45, 7) is 0. The first-order valence-electron chi connectivity index (χ1n) is 5.85. The average molecular weight is 243 g/mol. The first-order chi connectivity index (χ1) is 8.03. The van der Waals surface area contributed by atoms with Gasteiger partial charge in [0, 0.05) is 12.0 Å². The van der Waals surface area contributed by atoms with E-state index in [-0.39, 0.29) is 18.4 Å². The number of hydrogen-bond donors (Lipinski definition) is 1. The smallest absolute Gasteiger partial charge is 0.270 e. The predicted octanol–water partition coefficient (Wildman–Crippen LogP) is 3.45. The zero-order valence-electron chi connectivity index (χ0n) is 9.77. The van der Waals surface area contributed by atoms with Crippen LogP contribution in [0.15, 0.2) is 24.3 Å². The van der Waals surface area contributed by atoms with Crippen LogP contribution in [-0.4, -0.2) is 13.0 Å². The normalized spacial score (nSPS) is 28.0. The van der Waals surface area contributed by atoms with E-state index in [1.165, 1.54) is 25.2 Å².